The maximum Gasteiger partial charge on any atom is 0.0509 e. The van der Waals surface area contributed by atoms with Gasteiger partial charge >= 0.3 is 0 Å². The third-order valence-corrected chi connectivity index (χ3v) is 14.8. The van der Waals surface area contributed by atoms with E-state index >= 15 is 0 Å². The first kappa shape index (κ1) is 31.0. The Morgan fingerprint density at radius 3 is 1.85 bits per heavy atom. The summed E-state index contributed by atoms with van der Waals surface area (Å²) in [5, 5.41) is 2.56. The first-order chi connectivity index (χ1) is 26.5. The van der Waals surface area contributed by atoms with E-state index in [1.54, 1.807) is 11.1 Å². The van der Waals surface area contributed by atoms with E-state index in [1.165, 1.54) is 104 Å². The van der Waals surface area contributed by atoms with Gasteiger partial charge in [-0.25, -0.2) is 0 Å². The second-order valence-electron chi connectivity index (χ2n) is 17.8. The number of fused-ring (bicyclic) bond motifs is 7. The predicted octanol–water partition coefficient (Wildman–Crippen LogP) is 14.0. The van der Waals surface area contributed by atoms with Crippen molar-refractivity contribution in [1.82, 2.24) is 0 Å². The Kier molecular flexibility index (Phi) is 6.36. The molecule has 7 aromatic rings. The lowest BCUT2D eigenvalue weighted by Gasteiger charge is -2.61. The van der Waals surface area contributed by atoms with E-state index in [1.807, 2.05) is 0 Å². The third kappa shape index (κ3) is 4.11. The molecule has 4 saturated carbocycles. The van der Waals surface area contributed by atoms with Gasteiger partial charge in [0, 0.05) is 22.2 Å². The van der Waals surface area contributed by atoms with Gasteiger partial charge in [0.05, 0.1) is 5.69 Å². The Labute approximate surface area is 319 Å². The van der Waals surface area contributed by atoms with Gasteiger partial charge in [-0.2, -0.15) is 0 Å². The van der Waals surface area contributed by atoms with Crippen LogP contribution in [0.5, 0.6) is 0 Å². The fourth-order valence-corrected chi connectivity index (χ4v) is 12.8. The summed E-state index contributed by atoms with van der Waals surface area (Å²) in [6.45, 7) is 4.82. The Morgan fingerprint density at radius 1 is 0.444 bits per heavy atom. The molecule has 1 nitrogen and oxygen atoms in total. The van der Waals surface area contributed by atoms with E-state index in [0.717, 1.165) is 11.8 Å². The fourth-order valence-electron chi connectivity index (χ4n) is 12.8. The molecular weight excluding hydrogens is 651 g/mol. The van der Waals surface area contributed by atoms with Crippen molar-refractivity contribution >= 4 is 27.8 Å². The number of benzene rings is 7. The average molecular weight is 696 g/mol. The molecule has 1 spiro atoms. The molecule has 6 aliphatic carbocycles. The quantitative estimate of drug-likeness (QED) is 0.177. The summed E-state index contributed by atoms with van der Waals surface area (Å²) in [6, 6.07) is 58.2. The minimum atomic E-state index is -0.0853. The molecular formula is C53H45N. The van der Waals surface area contributed by atoms with Gasteiger partial charge < -0.3 is 4.90 Å². The molecule has 0 heterocycles. The summed E-state index contributed by atoms with van der Waals surface area (Å²) in [4.78, 5) is 2.65. The van der Waals surface area contributed by atoms with Gasteiger partial charge in [-0.1, -0.05) is 129 Å². The number of anilines is 3. The summed E-state index contributed by atoms with van der Waals surface area (Å²) >= 11 is 0. The summed E-state index contributed by atoms with van der Waals surface area (Å²) in [5.74, 6) is 3.18. The molecule has 7 aromatic carbocycles. The van der Waals surface area contributed by atoms with E-state index in [0.29, 0.717) is 11.8 Å². The van der Waals surface area contributed by atoms with E-state index in [9.17, 15) is 0 Å². The topological polar surface area (TPSA) is 3.24 Å². The zero-order valence-electron chi connectivity index (χ0n) is 31.2. The molecule has 0 N–H and O–H groups in total. The van der Waals surface area contributed by atoms with Crippen LogP contribution in [0.4, 0.5) is 17.1 Å². The van der Waals surface area contributed by atoms with E-state index in [4.69, 9.17) is 0 Å². The molecule has 6 aliphatic rings. The molecule has 0 amide bonds. The molecule has 4 bridgehead atoms. The number of hydrogen-bond acceptors (Lipinski definition) is 1. The second-order valence-corrected chi connectivity index (χ2v) is 17.8. The van der Waals surface area contributed by atoms with E-state index < -0.39 is 0 Å². The van der Waals surface area contributed by atoms with Crippen LogP contribution in [0.25, 0.3) is 44.2 Å². The number of rotatable bonds is 4. The summed E-state index contributed by atoms with van der Waals surface area (Å²) in [5.41, 5.74) is 18.0. The number of nitrogens with zero attached hydrogens (tertiary/aromatic N) is 1. The fraction of sp³-hybridized carbons (Fsp3) is 0.245. The van der Waals surface area contributed by atoms with Crippen molar-refractivity contribution in [3.8, 4) is 33.4 Å². The standard InChI is InChI=1S/C53H45N/c1-52(2)47-18-7-5-15-43(47)45-24-23-42(32-49(45)52)54(41-14-9-13-37(31-41)38-22-21-35-11-3-4-12-36(35)30-38)50-20-10-17-46-44-16-6-8-19-48(44)53(51(46)50)39-26-33-25-34(28-39)29-40(53)27-33/h3-24,30-34,39-40H,25-29H2,1-2H3. The van der Waals surface area contributed by atoms with Crippen LogP contribution in [0.15, 0.2) is 152 Å². The van der Waals surface area contributed by atoms with Crippen LogP contribution in [0.3, 0.4) is 0 Å². The van der Waals surface area contributed by atoms with Crippen molar-refractivity contribution in [2.24, 2.45) is 23.7 Å². The molecule has 0 radical (unpaired) electrons. The van der Waals surface area contributed by atoms with Crippen LogP contribution >= 0.6 is 0 Å². The minimum absolute atomic E-state index is 0.0520. The smallest absolute Gasteiger partial charge is 0.0509 e. The molecule has 1 heteroatoms. The SMILES string of the molecule is CC1(C)c2ccccc2-c2ccc(N(c3cccc(-c4ccc5ccccc5c4)c3)c3cccc4c3C3(c5ccccc5-4)C4CC5CC(C4)CC3C5)cc21. The molecule has 0 aliphatic heterocycles. The highest BCUT2D eigenvalue weighted by atomic mass is 15.1. The van der Waals surface area contributed by atoms with Gasteiger partial charge in [-0.3, -0.25) is 0 Å². The largest absolute Gasteiger partial charge is 0.310 e. The van der Waals surface area contributed by atoms with Crippen LogP contribution in [0.2, 0.25) is 0 Å². The Bertz CT molecular complexity index is 2650. The summed E-state index contributed by atoms with van der Waals surface area (Å²) in [7, 11) is 0. The van der Waals surface area contributed by atoms with Gasteiger partial charge in [-0.15, -0.1) is 0 Å². The van der Waals surface area contributed by atoms with Crippen LogP contribution in [0.1, 0.15) is 68.2 Å². The maximum atomic E-state index is 2.65. The van der Waals surface area contributed by atoms with Gasteiger partial charge in [0.1, 0.15) is 0 Å². The lowest BCUT2D eigenvalue weighted by molar-refractivity contribution is -0.0397. The highest BCUT2D eigenvalue weighted by molar-refractivity contribution is 5.94. The summed E-state index contributed by atoms with van der Waals surface area (Å²) in [6.07, 6.45) is 6.95. The minimum Gasteiger partial charge on any atom is -0.310 e. The van der Waals surface area contributed by atoms with E-state index in [2.05, 4.69) is 170 Å². The molecule has 262 valence electrons. The normalized spacial score (nSPS) is 24.7. The van der Waals surface area contributed by atoms with Crippen molar-refractivity contribution in [3.05, 3.63) is 174 Å². The van der Waals surface area contributed by atoms with Gasteiger partial charge in [-0.05, 0) is 159 Å². The zero-order chi connectivity index (χ0) is 35.8. The Balaban J connectivity index is 1.11. The van der Waals surface area contributed by atoms with Crippen molar-refractivity contribution < 1.29 is 0 Å². The maximum absolute atomic E-state index is 2.65. The van der Waals surface area contributed by atoms with Crippen molar-refractivity contribution in [3.63, 3.8) is 0 Å². The van der Waals surface area contributed by atoms with E-state index in [-0.39, 0.29) is 10.8 Å². The molecule has 13 rings (SSSR count). The van der Waals surface area contributed by atoms with Crippen LogP contribution in [-0.4, -0.2) is 0 Å². The highest BCUT2D eigenvalue weighted by Crippen LogP contribution is 2.71. The zero-order valence-corrected chi connectivity index (χ0v) is 31.2. The van der Waals surface area contributed by atoms with Crippen LogP contribution in [0, 0.1) is 23.7 Å². The average Bonchev–Trinajstić information content (AvgIpc) is 3.63. The Hall–Kier alpha value is -5.40. The molecule has 4 fully saturated rings. The third-order valence-electron chi connectivity index (χ3n) is 14.8. The lowest BCUT2D eigenvalue weighted by atomic mass is 9.43. The lowest BCUT2D eigenvalue weighted by Crippen LogP contribution is -2.55. The van der Waals surface area contributed by atoms with Gasteiger partial charge in [0.25, 0.3) is 0 Å². The van der Waals surface area contributed by atoms with Gasteiger partial charge in [0.15, 0.2) is 0 Å². The van der Waals surface area contributed by atoms with Crippen molar-refractivity contribution in [1.29, 1.82) is 0 Å². The molecule has 0 unspecified atom stereocenters. The monoisotopic (exact) mass is 695 g/mol. The molecule has 0 saturated heterocycles. The van der Waals surface area contributed by atoms with Gasteiger partial charge in [0.2, 0.25) is 0 Å². The second kappa shape index (κ2) is 11.1. The summed E-state index contributed by atoms with van der Waals surface area (Å²) < 4.78 is 0. The highest BCUT2D eigenvalue weighted by Gasteiger charge is 2.62. The molecule has 54 heavy (non-hydrogen) atoms. The van der Waals surface area contributed by atoms with Crippen LogP contribution < -0.4 is 4.90 Å². The molecule has 0 atom stereocenters. The number of hydrogen-bond donors (Lipinski definition) is 0. The molecule has 0 aromatic heterocycles. The first-order valence-corrected chi connectivity index (χ1v) is 20.4. The predicted molar refractivity (Wildman–Crippen MR) is 225 cm³/mol. The Morgan fingerprint density at radius 2 is 1.06 bits per heavy atom. The van der Waals surface area contributed by atoms with Crippen molar-refractivity contribution in [2.45, 2.75) is 56.8 Å². The van der Waals surface area contributed by atoms with Crippen molar-refractivity contribution in [2.75, 3.05) is 4.90 Å². The first-order valence-electron chi connectivity index (χ1n) is 20.4. The van der Waals surface area contributed by atoms with Crippen LogP contribution in [-0.2, 0) is 10.8 Å².